The van der Waals surface area contributed by atoms with E-state index >= 15 is 0 Å². The number of halogens is 2. The van der Waals surface area contributed by atoms with Crippen LogP contribution >= 0.6 is 0 Å². The van der Waals surface area contributed by atoms with Crippen molar-refractivity contribution in [1.82, 2.24) is 5.32 Å². The summed E-state index contributed by atoms with van der Waals surface area (Å²) in [5, 5.41) is 3.07. The SMILES string of the molecule is CNCc1ccccc1CN1c2ccccc2N(c2cccc(F)c2F)S1(=O)=O. The van der Waals surface area contributed by atoms with Crippen molar-refractivity contribution >= 4 is 27.3 Å². The molecule has 3 aromatic rings. The molecule has 0 saturated heterocycles. The number of rotatable bonds is 5. The summed E-state index contributed by atoms with van der Waals surface area (Å²) in [6.45, 7) is 0.651. The van der Waals surface area contributed by atoms with Gasteiger partial charge in [0.1, 0.15) is 0 Å². The Labute approximate surface area is 168 Å². The maximum absolute atomic E-state index is 14.5. The highest BCUT2D eigenvalue weighted by molar-refractivity contribution is 7.95. The molecule has 150 valence electrons. The summed E-state index contributed by atoms with van der Waals surface area (Å²) in [7, 11) is -2.36. The van der Waals surface area contributed by atoms with Crippen LogP contribution in [0.3, 0.4) is 0 Å². The Hall–Kier alpha value is -2.97. The van der Waals surface area contributed by atoms with Crippen LogP contribution in [0.5, 0.6) is 0 Å². The van der Waals surface area contributed by atoms with E-state index in [0.717, 1.165) is 21.5 Å². The molecule has 1 aliphatic rings. The molecule has 29 heavy (non-hydrogen) atoms. The Kier molecular flexibility index (Phi) is 4.97. The van der Waals surface area contributed by atoms with E-state index in [9.17, 15) is 17.2 Å². The third-order valence-corrected chi connectivity index (χ3v) is 6.57. The van der Waals surface area contributed by atoms with Crippen molar-refractivity contribution < 1.29 is 17.2 Å². The van der Waals surface area contributed by atoms with Gasteiger partial charge in [0, 0.05) is 6.54 Å². The second kappa shape index (κ2) is 7.46. The van der Waals surface area contributed by atoms with Crippen LogP contribution < -0.4 is 13.9 Å². The zero-order chi connectivity index (χ0) is 20.6. The fourth-order valence-electron chi connectivity index (χ4n) is 3.49. The molecule has 1 aliphatic heterocycles. The van der Waals surface area contributed by atoms with E-state index in [4.69, 9.17) is 0 Å². The van der Waals surface area contributed by atoms with Gasteiger partial charge in [-0.25, -0.2) is 17.4 Å². The van der Waals surface area contributed by atoms with Crippen molar-refractivity contribution in [2.24, 2.45) is 0 Å². The van der Waals surface area contributed by atoms with E-state index in [-0.39, 0.29) is 17.9 Å². The second-order valence-electron chi connectivity index (χ2n) is 6.64. The molecule has 0 aliphatic carbocycles. The summed E-state index contributed by atoms with van der Waals surface area (Å²) in [6, 6.07) is 17.6. The van der Waals surface area contributed by atoms with Crippen molar-refractivity contribution in [2.45, 2.75) is 13.1 Å². The lowest BCUT2D eigenvalue weighted by atomic mass is 10.1. The average molecular weight is 415 g/mol. The van der Waals surface area contributed by atoms with E-state index in [0.29, 0.717) is 12.2 Å². The fourth-order valence-corrected chi connectivity index (χ4v) is 5.19. The van der Waals surface area contributed by atoms with Crippen molar-refractivity contribution in [1.29, 1.82) is 0 Å². The highest BCUT2D eigenvalue weighted by atomic mass is 32.2. The van der Waals surface area contributed by atoms with Crippen LogP contribution in [0.25, 0.3) is 0 Å². The molecule has 0 saturated carbocycles. The Morgan fingerprint density at radius 2 is 1.45 bits per heavy atom. The van der Waals surface area contributed by atoms with Crippen LogP contribution in [0.1, 0.15) is 11.1 Å². The Balaban J connectivity index is 1.84. The molecule has 0 aromatic heterocycles. The number of fused-ring (bicyclic) bond motifs is 1. The first-order valence-electron chi connectivity index (χ1n) is 9.02. The van der Waals surface area contributed by atoms with E-state index in [1.165, 1.54) is 16.4 Å². The largest absolute Gasteiger partial charge is 0.331 e. The first-order chi connectivity index (χ1) is 13.9. The van der Waals surface area contributed by atoms with Crippen LogP contribution in [-0.4, -0.2) is 15.5 Å². The van der Waals surface area contributed by atoms with Crippen molar-refractivity contribution in [3.63, 3.8) is 0 Å². The lowest BCUT2D eigenvalue weighted by Crippen LogP contribution is -2.35. The molecule has 0 radical (unpaired) electrons. The predicted octanol–water partition coefficient (Wildman–Crippen LogP) is 4.09. The van der Waals surface area contributed by atoms with Gasteiger partial charge in [0.05, 0.1) is 23.6 Å². The minimum atomic E-state index is -4.17. The summed E-state index contributed by atoms with van der Waals surface area (Å²) in [6.07, 6.45) is 0. The molecule has 1 heterocycles. The number of hydrogen-bond donors (Lipinski definition) is 1. The van der Waals surface area contributed by atoms with Gasteiger partial charge in [-0.2, -0.15) is 8.42 Å². The fraction of sp³-hybridized carbons (Fsp3) is 0.143. The van der Waals surface area contributed by atoms with Crippen LogP contribution in [0.15, 0.2) is 66.7 Å². The van der Waals surface area contributed by atoms with Crippen molar-refractivity contribution in [3.8, 4) is 0 Å². The van der Waals surface area contributed by atoms with Crippen LogP contribution in [0.2, 0.25) is 0 Å². The zero-order valence-electron chi connectivity index (χ0n) is 15.6. The van der Waals surface area contributed by atoms with E-state index < -0.39 is 21.8 Å². The standard InChI is InChI=1S/C21H19F2N3O2S/c1-24-13-15-7-2-3-8-16(15)14-25-18-10-4-5-11-19(18)26(29(25,27)28)20-12-6-9-17(22)21(20)23/h2-12,24H,13-14H2,1H3. The molecule has 0 amide bonds. The monoisotopic (exact) mass is 415 g/mol. The minimum Gasteiger partial charge on any atom is -0.316 e. The van der Waals surface area contributed by atoms with Crippen molar-refractivity contribution in [2.75, 3.05) is 15.7 Å². The number of anilines is 3. The van der Waals surface area contributed by atoms with Gasteiger partial charge in [-0.1, -0.05) is 42.5 Å². The number of benzene rings is 3. The average Bonchev–Trinajstić information content (AvgIpc) is 2.92. The number of nitrogens with one attached hydrogen (secondary N) is 1. The van der Waals surface area contributed by atoms with Crippen molar-refractivity contribution in [3.05, 3.63) is 89.5 Å². The summed E-state index contributed by atoms with van der Waals surface area (Å²) in [4.78, 5) is 0. The van der Waals surface area contributed by atoms with E-state index in [1.54, 1.807) is 24.3 Å². The number of nitrogens with zero attached hydrogens (tertiary/aromatic N) is 2. The van der Waals surface area contributed by atoms with Gasteiger partial charge in [-0.05, 0) is 42.4 Å². The molecule has 0 atom stereocenters. The second-order valence-corrected chi connectivity index (χ2v) is 8.34. The number of hydrogen-bond acceptors (Lipinski definition) is 3. The zero-order valence-corrected chi connectivity index (χ0v) is 16.5. The molecule has 0 bridgehead atoms. The highest BCUT2D eigenvalue weighted by Crippen LogP contribution is 2.46. The van der Waals surface area contributed by atoms with Crippen LogP contribution in [-0.2, 0) is 23.3 Å². The highest BCUT2D eigenvalue weighted by Gasteiger charge is 2.42. The molecule has 4 rings (SSSR count). The topological polar surface area (TPSA) is 52.6 Å². The normalized spacial score (nSPS) is 14.9. The molecular formula is C21H19F2N3O2S. The molecule has 0 unspecified atom stereocenters. The molecular weight excluding hydrogens is 396 g/mol. The third kappa shape index (κ3) is 3.24. The first kappa shape index (κ1) is 19.4. The molecule has 8 heteroatoms. The molecule has 5 nitrogen and oxygen atoms in total. The maximum Gasteiger partial charge on any atom is 0.331 e. The lowest BCUT2D eigenvalue weighted by Gasteiger charge is -2.23. The quantitative estimate of drug-likeness (QED) is 0.683. The Morgan fingerprint density at radius 3 is 2.17 bits per heavy atom. The molecule has 0 fully saturated rings. The molecule has 1 N–H and O–H groups in total. The van der Waals surface area contributed by atoms with Gasteiger partial charge in [0.2, 0.25) is 0 Å². The third-order valence-electron chi connectivity index (χ3n) is 4.83. The van der Waals surface area contributed by atoms with Gasteiger partial charge < -0.3 is 5.32 Å². The lowest BCUT2D eigenvalue weighted by molar-refractivity contribution is 0.510. The Morgan fingerprint density at radius 1 is 0.828 bits per heavy atom. The predicted molar refractivity (Wildman–Crippen MR) is 109 cm³/mol. The van der Waals surface area contributed by atoms with Gasteiger partial charge in [0.25, 0.3) is 0 Å². The van der Waals surface area contributed by atoms with Crippen LogP contribution in [0, 0.1) is 11.6 Å². The maximum atomic E-state index is 14.5. The number of para-hydroxylation sites is 2. The van der Waals surface area contributed by atoms with Gasteiger partial charge in [0.15, 0.2) is 11.6 Å². The first-order valence-corrected chi connectivity index (χ1v) is 10.4. The minimum absolute atomic E-state index is 0.0740. The summed E-state index contributed by atoms with van der Waals surface area (Å²) >= 11 is 0. The van der Waals surface area contributed by atoms with Gasteiger partial charge >= 0.3 is 10.2 Å². The van der Waals surface area contributed by atoms with Gasteiger partial charge in [-0.3, -0.25) is 0 Å². The van der Waals surface area contributed by atoms with E-state index in [2.05, 4.69) is 5.32 Å². The van der Waals surface area contributed by atoms with Gasteiger partial charge in [-0.15, -0.1) is 0 Å². The molecule has 0 spiro atoms. The Bertz CT molecular complexity index is 1170. The van der Waals surface area contributed by atoms with Crippen LogP contribution in [0.4, 0.5) is 25.8 Å². The smallest absolute Gasteiger partial charge is 0.316 e. The summed E-state index contributed by atoms with van der Waals surface area (Å²) in [5.41, 5.74) is 2.13. The molecule has 3 aromatic carbocycles. The summed E-state index contributed by atoms with van der Waals surface area (Å²) < 4.78 is 57.3. The van der Waals surface area contributed by atoms with E-state index in [1.807, 2.05) is 31.3 Å². The summed E-state index contributed by atoms with van der Waals surface area (Å²) in [5.74, 6) is -2.31.